The van der Waals surface area contributed by atoms with Crippen molar-refractivity contribution in [1.29, 1.82) is 0 Å². The van der Waals surface area contributed by atoms with Crippen LogP contribution in [0.1, 0.15) is 27.2 Å². The van der Waals surface area contributed by atoms with Crippen molar-refractivity contribution >= 4 is 5.91 Å². The first-order chi connectivity index (χ1) is 5.92. The van der Waals surface area contributed by atoms with Gasteiger partial charge in [0.1, 0.15) is 0 Å². The monoisotopic (exact) mass is 185 g/mol. The van der Waals surface area contributed by atoms with Gasteiger partial charge in [-0.1, -0.05) is 20.8 Å². The summed E-state index contributed by atoms with van der Waals surface area (Å²) in [6.45, 7) is 8.01. The van der Waals surface area contributed by atoms with E-state index < -0.39 is 0 Å². The smallest absolute Gasteiger partial charge is 0.223 e. The molecule has 1 rings (SSSR count). The van der Waals surface area contributed by atoms with Crippen LogP contribution in [-0.4, -0.2) is 35.6 Å². The van der Waals surface area contributed by atoms with E-state index >= 15 is 0 Å². The van der Waals surface area contributed by atoms with Crippen molar-refractivity contribution in [2.45, 2.75) is 27.2 Å². The molecule has 0 aromatic heterocycles. The van der Waals surface area contributed by atoms with E-state index in [0.717, 1.165) is 13.1 Å². The Labute approximate surface area is 79.7 Å². The Hall–Kier alpha value is -0.570. The van der Waals surface area contributed by atoms with Crippen molar-refractivity contribution in [1.82, 2.24) is 4.90 Å². The van der Waals surface area contributed by atoms with Crippen molar-refractivity contribution < 1.29 is 9.90 Å². The Kier molecular flexibility index (Phi) is 2.96. The summed E-state index contributed by atoms with van der Waals surface area (Å²) < 4.78 is 0. The van der Waals surface area contributed by atoms with Gasteiger partial charge in [-0.05, 0) is 5.41 Å². The Morgan fingerprint density at radius 3 is 2.54 bits per heavy atom. The molecule has 1 aliphatic rings. The van der Waals surface area contributed by atoms with Crippen LogP contribution in [0, 0.1) is 11.3 Å². The van der Waals surface area contributed by atoms with E-state index in [4.69, 9.17) is 5.11 Å². The molecule has 1 saturated heterocycles. The summed E-state index contributed by atoms with van der Waals surface area (Å²) >= 11 is 0. The topological polar surface area (TPSA) is 40.5 Å². The zero-order chi connectivity index (χ0) is 10.1. The maximum atomic E-state index is 11.4. The van der Waals surface area contributed by atoms with E-state index in [1.54, 1.807) is 0 Å². The van der Waals surface area contributed by atoms with Crippen molar-refractivity contribution in [3.63, 3.8) is 0 Å². The Balaban J connectivity index is 2.49. The minimum atomic E-state index is 0.131. The highest BCUT2D eigenvalue weighted by atomic mass is 16.3. The first-order valence-electron chi connectivity index (χ1n) is 4.81. The van der Waals surface area contributed by atoms with Crippen LogP contribution >= 0.6 is 0 Å². The molecule has 1 aliphatic heterocycles. The number of amides is 1. The molecule has 3 heteroatoms. The molecule has 3 nitrogen and oxygen atoms in total. The van der Waals surface area contributed by atoms with Crippen molar-refractivity contribution in [3.8, 4) is 0 Å². The third kappa shape index (κ3) is 2.99. The Bertz CT molecular complexity index is 196. The van der Waals surface area contributed by atoms with Crippen LogP contribution in [0.2, 0.25) is 0 Å². The average molecular weight is 185 g/mol. The molecule has 0 radical (unpaired) electrons. The number of rotatable bonds is 2. The molecule has 13 heavy (non-hydrogen) atoms. The Morgan fingerprint density at radius 2 is 2.15 bits per heavy atom. The van der Waals surface area contributed by atoms with Crippen LogP contribution in [-0.2, 0) is 4.79 Å². The van der Waals surface area contributed by atoms with Gasteiger partial charge in [0.15, 0.2) is 0 Å². The molecule has 76 valence electrons. The van der Waals surface area contributed by atoms with Gasteiger partial charge in [0.25, 0.3) is 0 Å². The SMILES string of the molecule is CC(C)(C)CN1CC(CO)CC1=O. The maximum absolute atomic E-state index is 11.4. The zero-order valence-electron chi connectivity index (χ0n) is 8.71. The standard InChI is InChI=1S/C10H19NO2/c1-10(2,3)7-11-5-8(6-12)4-9(11)13/h8,12H,4-7H2,1-3H3. The molecule has 0 aliphatic carbocycles. The summed E-state index contributed by atoms with van der Waals surface area (Å²) in [7, 11) is 0. The van der Waals surface area contributed by atoms with Crippen LogP contribution in [0.15, 0.2) is 0 Å². The largest absolute Gasteiger partial charge is 0.396 e. The van der Waals surface area contributed by atoms with E-state index in [1.807, 2.05) is 4.90 Å². The van der Waals surface area contributed by atoms with E-state index in [2.05, 4.69) is 20.8 Å². The van der Waals surface area contributed by atoms with Gasteiger partial charge in [-0.15, -0.1) is 0 Å². The molecule has 1 heterocycles. The molecule has 1 unspecified atom stereocenters. The number of nitrogens with zero attached hydrogens (tertiary/aromatic N) is 1. The summed E-state index contributed by atoms with van der Waals surface area (Å²) in [5, 5.41) is 8.92. The van der Waals surface area contributed by atoms with Gasteiger partial charge < -0.3 is 10.0 Å². The summed E-state index contributed by atoms with van der Waals surface area (Å²) in [5.74, 6) is 0.351. The predicted molar refractivity (Wildman–Crippen MR) is 51.2 cm³/mol. The first kappa shape index (κ1) is 10.5. The highest BCUT2D eigenvalue weighted by Crippen LogP contribution is 2.22. The van der Waals surface area contributed by atoms with Crippen molar-refractivity contribution in [2.24, 2.45) is 11.3 Å². The number of hydrogen-bond donors (Lipinski definition) is 1. The summed E-state index contributed by atoms with van der Waals surface area (Å²) in [5.41, 5.74) is 0.153. The molecule has 0 saturated carbocycles. The predicted octanol–water partition coefficient (Wildman–Crippen LogP) is 0.873. The minimum absolute atomic E-state index is 0.131. The number of carbonyl (C=O) groups is 1. The zero-order valence-corrected chi connectivity index (χ0v) is 8.71. The second kappa shape index (κ2) is 3.66. The van der Waals surface area contributed by atoms with Gasteiger partial charge in [0, 0.05) is 32.0 Å². The van der Waals surface area contributed by atoms with Gasteiger partial charge in [-0.25, -0.2) is 0 Å². The molecule has 1 atom stereocenters. The van der Waals surface area contributed by atoms with Crippen LogP contribution < -0.4 is 0 Å². The lowest BCUT2D eigenvalue weighted by atomic mass is 9.96. The highest BCUT2D eigenvalue weighted by Gasteiger charge is 2.31. The van der Waals surface area contributed by atoms with Crippen molar-refractivity contribution in [2.75, 3.05) is 19.7 Å². The second-order valence-corrected chi connectivity index (χ2v) is 5.09. The molecule has 0 bridgehead atoms. The first-order valence-corrected chi connectivity index (χ1v) is 4.81. The third-order valence-electron chi connectivity index (χ3n) is 2.22. The minimum Gasteiger partial charge on any atom is -0.396 e. The Morgan fingerprint density at radius 1 is 1.54 bits per heavy atom. The number of carbonyl (C=O) groups excluding carboxylic acids is 1. The van der Waals surface area contributed by atoms with Gasteiger partial charge in [-0.2, -0.15) is 0 Å². The van der Waals surface area contributed by atoms with Gasteiger partial charge in [0.2, 0.25) is 5.91 Å². The van der Waals surface area contributed by atoms with Crippen LogP contribution in [0.25, 0.3) is 0 Å². The van der Waals surface area contributed by atoms with Gasteiger partial charge in [-0.3, -0.25) is 4.79 Å². The normalized spacial score (nSPS) is 24.2. The maximum Gasteiger partial charge on any atom is 0.223 e. The lowest BCUT2D eigenvalue weighted by Crippen LogP contribution is -2.34. The fraction of sp³-hybridized carbons (Fsp3) is 0.900. The van der Waals surface area contributed by atoms with Crippen LogP contribution in [0.4, 0.5) is 0 Å². The molecule has 1 amide bonds. The molecule has 1 N–H and O–H groups in total. The molecular formula is C10H19NO2. The quantitative estimate of drug-likeness (QED) is 0.693. The average Bonchev–Trinajstić information content (AvgIpc) is 2.29. The summed E-state index contributed by atoms with van der Waals surface area (Å²) in [4.78, 5) is 13.3. The molecular weight excluding hydrogens is 166 g/mol. The van der Waals surface area contributed by atoms with Gasteiger partial charge >= 0.3 is 0 Å². The lowest BCUT2D eigenvalue weighted by molar-refractivity contribution is -0.128. The number of aliphatic hydroxyl groups excluding tert-OH is 1. The van der Waals surface area contributed by atoms with Crippen molar-refractivity contribution in [3.05, 3.63) is 0 Å². The molecule has 0 spiro atoms. The number of aliphatic hydroxyl groups is 1. The second-order valence-electron chi connectivity index (χ2n) is 5.09. The van der Waals surface area contributed by atoms with Crippen LogP contribution in [0.5, 0.6) is 0 Å². The fourth-order valence-electron chi connectivity index (χ4n) is 1.70. The molecule has 1 fully saturated rings. The van der Waals surface area contributed by atoms with E-state index in [1.165, 1.54) is 0 Å². The molecule has 0 aromatic carbocycles. The van der Waals surface area contributed by atoms with E-state index in [0.29, 0.717) is 6.42 Å². The highest BCUT2D eigenvalue weighted by molar-refractivity contribution is 5.78. The van der Waals surface area contributed by atoms with Gasteiger partial charge in [0.05, 0.1) is 0 Å². The lowest BCUT2D eigenvalue weighted by Gasteiger charge is -2.26. The fourth-order valence-corrected chi connectivity index (χ4v) is 1.70. The number of hydrogen-bond acceptors (Lipinski definition) is 2. The van der Waals surface area contributed by atoms with E-state index in [9.17, 15) is 4.79 Å². The summed E-state index contributed by atoms with van der Waals surface area (Å²) in [6.07, 6.45) is 0.520. The van der Waals surface area contributed by atoms with E-state index in [-0.39, 0.29) is 23.8 Å². The molecule has 0 aromatic rings. The third-order valence-corrected chi connectivity index (χ3v) is 2.22. The number of likely N-dealkylation sites (tertiary alicyclic amines) is 1. The summed E-state index contributed by atoms with van der Waals surface area (Å²) in [6, 6.07) is 0. The van der Waals surface area contributed by atoms with Crippen LogP contribution in [0.3, 0.4) is 0 Å².